The van der Waals surface area contributed by atoms with Crippen molar-refractivity contribution >= 4 is 20.6 Å². The van der Waals surface area contributed by atoms with Gasteiger partial charge in [0.1, 0.15) is 10.6 Å². The Bertz CT molecular complexity index is 1090. The fourth-order valence-electron chi connectivity index (χ4n) is 3.35. The van der Waals surface area contributed by atoms with Crippen molar-refractivity contribution in [1.82, 2.24) is 0 Å². The third-order valence-electron chi connectivity index (χ3n) is 4.55. The van der Waals surface area contributed by atoms with E-state index >= 15 is 0 Å². The van der Waals surface area contributed by atoms with Gasteiger partial charge in [-0.2, -0.15) is 12.0 Å². The van der Waals surface area contributed by atoms with Gasteiger partial charge in [0.05, 0.1) is 7.11 Å². The molecule has 5 nitrogen and oxygen atoms in total. The fourth-order valence-corrected chi connectivity index (χ4v) is 7.66. The Morgan fingerprint density at radius 3 is 1.83 bits per heavy atom. The van der Waals surface area contributed by atoms with Crippen LogP contribution in [0.25, 0.3) is 0 Å². The molecule has 154 valence electrons. The Kier molecular flexibility index (Phi) is 6.05. The van der Waals surface area contributed by atoms with E-state index in [0.717, 1.165) is 5.56 Å². The van der Waals surface area contributed by atoms with Gasteiger partial charge < -0.3 is 4.74 Å². The highest BCUT2D eigenvalue weighted by Crippen LogP contribution is 2.59. The van der Waals surface area contributed by atoms with E-state index in [-0.39, 0.29) is 4.90 Å². The summed E-state index contributed by atoms with van der Waals surface area (Å²) in [5.74, 6) is 0.650. The summed E-state index contributed by atoms with van der Waals surface area (Å²) in [5.41, 5.74) is 2.25. The molecule has 0 saturated carbocycles. The Labute approximate surface area is 174 Å². The van der Waals surface area contributed by atoms with E-state index in [1.54, 1.807) is 57.4 Å². The zero-order valence-electron chi connectivity index (χ0n) is 16.9. The molecule has 0 aromatic heterocycles. The second kappa shape index (κ2) is 8.20. The monoisotopic (exact) mass is 431 g/mol. The molecule has 3 aromatic rings. The van der Waals surface area contributed by atoms with Crippen molar-refractivity contribution in [1.29, 1.82) is 0 Å². The van der Waals surface area contributed by atoms with Gasteiger partial charge in [0.25, 0.3) is 0 Å². The molecule has 0 amide bonds. The summed E-state index contributed by atoms with van der Waals surface area (Å²) >= 11 is 0. The van der Waals surface area contributed by atoms with Crippen LogP contribution in [-0.4, -0.2) is 15.5 Å². The van der Waals surface area contributed by atoms with Crippen LogP contribution in [0.5, 0.6) is 5.75 Å². The lowest BCUT2D eigenvalue weighted by Crippen LogP contribution is -2.21. The first-order chi connectivity index (χ1) is 13.7. The Morgan fingerprint density at radius 1 is 0.793 bits per heavy atom. The zero-order valence-corrected chi connectivity index (χ0v) is 18.5. The van der Waals surface area contributed by atoms with E-state index in [0.29, 0.717) is 26.7 Å². The second-order valence-electron chi connectivity index (χ2n) is 6.84. The molecule has 0 aliphatic carbocycles. The molecule has 0 heterocycles. The predicted molar refractivity (Wildman–Crippen MR) is 117 cm³/mol. The molecule has 2 N–H and O–H groups in total. The molecule has 1 atom stereocenters. The van der Waals surface area contributed by atoms with Gasteiger partial charge in [0.2, 0.25) is 0 Å². The third-order valence-corrected chi connectivity index (χ3v) is 9.22. The van der Waals surface area contributed by atoms with Crippen molar-refractivity contribution in [2.24, 2.45) is 5.14 Å². The van der Waals surface area contributed by atoms with Crippen LogP contribution in [0.3, 0.4) is 0 Å². The van der Waals surface area contributed by atoms with Gasteiger partial charge >= 0.3 is 10.1 Å². The standard InChI is InChI=1S/C22H25NO4S2/c1-16-14-17(2)22(18(3)15-16)29(24,25)27-28(23,20-8-6-5-7-9-20)21-12-10-19(26-4)11-13-21/h5-15H,23H2,1-4H3. The molecule has 0 bridgehead atoms. The topological polar surface area (TPSA) is 78.6 Å². The van der Waals surface area contributed by atoms with Crippen LogP contribution in [0.2, 0.25) is 0 Å². The average Bonchev–Trinajstić information content (AvgIpc) is 2.67. The maximum absolute atomic E-state index is 13.4. The number of rotatable bonds is 6. The van der Waals surface area contributed by atoms with E-state index in [1.165, 1.54) is 0 Å². The van der Waals surface area contributed by atoms with Gasteiger partial charge in [-0.15, -0.1) is 0 Å². The summed E-state index contributed by atoms with van der Waals surface area (Å²) in [7, 11) is -5.37. The van der Waals surface area contributed by atoms with E-state index in [2.05, 4.69) is 0 Å². The quantitative estimate of drug-likeness (QED) is 0.592. The van der Waals surface area contributed by atoms with Crippen molar-refractivity contribution in [3.8, 4) is 5.75 Å². The van der Waals surface area contributed by atoms with Crippen molar-refractivity contribution in [2.45, 2.75) is 35.5 Å². The lowest BCUT2D eigenvalue weighted by molar-refractivity contribution is 0.414. The summed E-state index contributed by atoms with van der Waals surface area (Å²) in [4.78, 5) is 1.35. The van der Waals surface area contributed by atoms with Crippen LogP contribution in [0.1, 0.15) is 16.7 Å². The minimum atomic E-state index is -4.13. The highest BCUT2D eigenvalue weighted by molar-refractivity contribution is 8.31. The first kappa shape index (κ1) is 21.4. The molecule has 7 heteroatoms. The summed E-state index contributed by atoms with van der Waals surface area (Å²) in [6, 6.07) is 19.7. The number of hydrogen-bond acceptors (Lipinski definition) is 5. The Hall–Kier alpha value is -2.32. The third kappa shape index (κ3) is 4.33. The predicted octanol–water partition coefficient (Wildman–Crippen LogP) is 5.04. The van der Waals surface area contributed by atoms with Crippen LogP contribution in [0.15, 0.2) is 81.4 Å². The zero-order chi connectivity index (χ0) is 21.2. The van der Waals surface area contributed by atoms with Crippen LogP contribution in [0.4, 0.5) is 0 Å². The number of ether oxygens (including phenoxy) is 1. The van der Waals surface area contributed by atoms with E-state index < -0.39 is 20.6 Å². The van der Waals surface area contributed by atoms with Crippen LogP contribution in [-0.2, 0) is 13.7 Å². The lowest BCUT2D eigenvalue weighted by atomic mass is 10.1. The van der Waals surface area contributed by atoms with Crippen molar-refractivity contribution in [3.05, 3.63) is 83.4 Å². The minimum absolute atomic E-state index is 0.162. The van der Waals surface area contributed by atoms with Gasteiger partial charge in [-0.3, -0.25) is 5.14 Å². The van der Waals surface area contributed by atoms with Gasteiger partial charge in [0, 0.05) is 9.79 Å². The lowest BCUT2D eigenvalue weighted by Gasteiger charge is -2.35. The van der Waals surface area contributed by atoms with Gasteiger partial charge in [-0.05, 0) is 78.8 Å². The minimum Gasteiger partial charge on any atom is -0.497 e. The molecule has 0 aliphatic heterocycles. The molecule has 0 aliphatic rings. The summed E-state index contributed by atoms with van der Waals surface area (Å²) < 4.78 is 37.8. The van der Waals surface area contributed by atoms with Crippen LogP contribution < -0.4 is 9.88 Å². The normalized spacial score (nSPS) is 14.8. The van der Waals surface area contributed by atoms with Crippen molar-refractivity contribution in [2.75, 3.05) is 7.11 Å². The molecule has 1 unspecified atom stereocenters. The number of nitrogens with two attached hydrogens (primary N) is 1. The average molecular weight is 432 g/mol. The number of hydrogen-bond donors (Lipinski definition) is 1. The smallest absolute Gasteiger partial charge is 0.308 e. The molecule has 0 fully saturated rings. The van der Waals surface area contributed by atoms with Gasteiger partial charge in [-0.1, -0.05) is 35.9 Å². The van der Waals surface area contributed by atoms with E-state index in [4.69, 9.17) is 13.5 Å². The maximum Gasteiger partial charge on any atom is 0.308 e. The molecule has 29 heavy (non-hydrogen) atoms. The van der Waals surface area contributed by atoms with Gasteiger partial charge in [-0.25, -0.2) is 0 Å². The van der Waals surface area contributed by atoms with E-state index in [9.17, 15) is 8.42 Å². The maximum atomic E-state index is 13.4. The molecule has 0 spiro atoms. The Morgan fingerprint density at radius 2 is 1.31 bits per heavy atom. The summed E-state index contributed by atoms with van der Waals surface area (Å²) in [6.07, 6.45) is 0. The first-order valence-corrected chi connectivity index (χ1v) is 12.0. The molecule has 3 aromatic carbocycles. The van der Waals surface area contributed by atoms with Crippen LogP contribution >= 0.6 is 10.5 Å². The van der Waals surface area contributed by atoms with Gasteiger partial charge in [0.15, 0.2) is 0 Å². The number of aryl methyl sites for hydroxylation is 3. The van der Waals surface area contributed by atoms with Crippen LogP contribution in [0, 0.1) is 20.8 Å². The number of benzene rings is 3. The second-order valence-corrected chi connectivity index (χ2v) is 10.8. The highest BCUT2D eigenvalue weighted by atomic mass is 32.3. The first-order valence-electron chi connectivity index (χ1n) is 9.01. The summed E-state index contributed by atoms with van der Waals surface area (Å²) in [5, 5.41) is 6.73. The molecule has 3 rings (SSSR count). The fraction of sp³-hybridized carbons (Fsp3) is 0.182. The number of methoxy groups -OCH3 is 1. The summed E-state index contributed by atoms with van der Waals surface area (Å²) in [6.45, 7) is 5.45. The SMILES string of the molecule is COc1ccc(S(N)(OS(=O)(=O)c2c(C)cc(C)cc2C)c2ccccc2)cc1. The largest absolute Gasteiger partial charge is 0.497 e. The molecule has 0 saturated heterocycles. The Balaban J connectivity index is 2.15. The van der Waals surface area contributed by atoms with E-state index in [1.807, 2.05) is 37.3 Å². The molecular formula is C22H25NO4S2. The molecular weight excluding hydrogens is 406 g/mol. The molecule has 0 radical (unpaired) electrons. The highest BCUT2D eigenvalue weighted by Gasteiger charge is 2.34. The van der Waals surface area contributed by atoms with Crippen molar-refractivity contribution in [3.63, 3.8) is 0 Å². The van der Waals surface area contributed by atoms with Crippen molar-refractivity contribution < 1.29 is 16.8 Å².